The van der Waals surface area contributed by atoms with E-state index in [0.29, 0.717) is 25.6 Å². The van der Waals surface area contributed by atoms with Crippen LogP contribution in [0.5, 0.6) is 0 Å². The van der Waals surface area contributed by atoms with Crippen LogP contribution in [0.3, 0.4) is 0 Å². The Kier molecular flexibility index (Phi) is 7.64. The molecular formula is C11H20N4O2S. The van der Waals surface area contributed by atoms with Crippen molar-refractivity contribution in [2.45, 2.75) is 25.8 Å². The van der Waals surface area contributed by atoms with Gasteiger partial charge in [-0.1, -0.05) is 5.11 Å². The largest absolute Gasteiger partial charge is 0.465 e. The minimum absolute atomic E-state index is 0.159. The first-order valence-electron chi connectivity index (χ1n) is 6.28. The predicted octanol–water partition coefficient (Wildman–Crippen LogP) is 1.96. The van der Waals surface area contributed by atoms with Crippen LogP contribution in [-0.4, -0.2) is 43.2 Å². The summed E-state index contributed by atoms with van der Waals surface area (Å²) < 4.78 is 5.10. The Bertz CT molecular complexity index is 301. The fourth-order valence-corrected chi connectivity index (χ4v) is 3.24. The van der Waals surface area contributed by atoms with Crippen molar-refractivity contribution in [3.8, 4) is 0 Å². The molecule has 0 amide bonds. The Morgan fingerprint density at radius 3 is 3.17 bits per heavy atom. The monoisotopic (exact) mass is 272 g/mol. The number of carbonyl (C=O) groups excluding carboxylic acids is 1. The summed E-state index contributed by atoms with van der Waals surface area (Å²) >= 11 is 1.88. The lowest BCUT2D eigenvalue weighted by molar-refractivity contribution is -0.147. The number of hydrogen-bond donors (Lipinski definition) is 1. The normalized spacial score (nSPS) is 20.2. The second-order valence-electron chi connectivity index (χ2n) is 4.12. The number of nitrogens with zero attached hydrogens (tertiary/aromatic N) is 3. The first-order chi connectivity index (χ1) is 8.79. The summed E-state index contributed by atoms with van der Waals surface area (Å²) in [6, 6.07) is -0.217. The van der Waals surface area contributed by atoms with Crippen LogP contribution in [0.15, 0.2) is 5.11 Å². The van der Waals surface area contributed by atoms with Crippen molar-refractivity contribution in [2.75, 3.05) is 31.2 Å². The van der Waals surface area contributed by atoms with E-state index < -0.39 is 0 Å². The molecule has 0 aliphatic carbocycles. The van der Waals surface area contributed by atoms with Gasteiger partial charge in [0, 0.05) is 11.5 Å². The number of esters is 1. The number of thioether (sulfide) groups is 1. The van der Waals surface area contributed by atoms with Gasteiger partial charge in [0.15, 0.2) is 0 Å². The van der Waals surface area contributed by atoms with Crippen molar-refractivity contribution in [1.29, 1.82) is 0 Å². The molecule has 1 N–H and O–H groups in total. The lowest BCUT2D eigenvalue weighted by atomic mass is 9.99. The molecule has 102 valence electrons. The average molecular weight is 272 g/mol. The van der Waals surface area contributed by atoms with Gasteiger partial charge in [-0.05, 0) is 49.3 Å². The van der Waals surface area contributed by atoms with E-state index in [1.807, 2.05) is 18.7 Å². The lowest BCUT2D eigenvalue weighted by Crippen LogP contribution is -2.44. The highest BCUT2D eigenvalue weighted by molar-refractivity contribution is 7.99. The van der Waals surface area contributed by atoms with Crippen molar-refractivity contribution in [3.05, 3.63) is 10.4 Å². The van der Waals surface area contributed by atoms with Crippen molar-refractivity contribution in [3.63, 3.8) is 0 Å². The number of carbonyl (C=O) groups is 1. The summed E-state index contributed by atoms with van der Waals surface area (Å²) in [4.78, 5) is 14.6. The van der Waals surface area contributed by atoms with Gasteiger partial charge in [-0.2, -0.15) is 11.8 Å². The summed E-state index contributed by atoms with van der Waals surface area (Å²) in [6.07, 6.45) is 1.79. The zero-order chi connectivity index (χ0) is 13.2. The maximum absolute atomic E-state index is 11.9. The zero-order valence-corrected chi connectivity index (χ0v) is 11.5. The molecule has 0 saturated carbocycles. The fraction of sp³-hybridized carbons (Fsp3) is 0.909. The molecule has 0 aromatic rings. The molecule has 0 aromatic heterocycles. The highest BCUT2D eigenvalue weighted by Crippen LogP contribution is 2.26. The van der Waals surface area contributed by atoms with Crippen molar-refractivity contribution in [2.24, 2.45) is 11.0 Å². The Hall–Kier alpha value is -0.910. The lowest BCUT2D eigenvalue weighted by Gasteiger charge is -2.22. The summed E-state index contributed by atoms with van der Waals surface area (Å²) in [5, 5.41) is 6.70. The SMILES string of the molecule is CCOC(=O)C(NCCCN=[N+]=[N-])C1CCSC1. The minimum Gasteiger partial charge on any atom is -0.465 e. The Balaban J connectivity index is 2.38. The molecular weight excluding hydrogens is 252 g/mol. The summed E-state index contributed by atoms with van der Waals surface area (Å²) in [5.74, 6) is 2.32. The smallest absolute Gasteiger partial charge is 0.323 e. The van der Waals surface area contributed by atoms with Gasteiger partial charge in [0.2, 0.25) is 0 Å². The van der Waals surface area contributed by atoms with Gasteiger partial charge >= 0.3 is 5.97 Å². The van der Waals surface area contributed by atoms with Crippen LogP contribution in [0.1, 0.15) is 19.8 Å². The fourth-order valence-electron chi connectivity index (χ4n) is 1.94. The van der Waals surface area contributed by atoms with Gasteiger partial charge in [0.1, 0.15) is 6.04 Å². The van der Waals surface area contributed by atoms with E-state index in [1.54, 1.807) is 0 Å². The number of nitrogens with one attached hydrogen (secondary N) is 1. The van der Waals surface area contributed by atoms with Crippen LogP contribution in [0.2, 0.25) is 0 Å². The maximum atomic E-state index is 11.9. The van der Waals surface area contributed by atoms with Crippen LogP contribution in [0, 0.1) is 5.92 Å². The Morgan fingerprint density at radius 1 is 1.72 bits per heavy atom. The van der Waals surface area contributed by atoms with Crippen LogP contribution in [-0.2, 0) is 9.53 Å². The molecule has 0 bridgehead atoms. The molecule has 2 unspecified atom stereocenters. The van der Waals surface area contributed by atoms with Gasteiger partial charge in [-0.15, -0.1) is 0 Å². The van der Waals surface area contributed by atoms with Gasteiger partial charge in [-0.25, -0.2) is 0 Å². The summed E-state index contributed by atoms with van der Waals surface area (Å²) in [6.45, 7) is 3.36. The number of ether oxygens (including phenoxy) is 1. The minimum atomic E-state index is -0.217. The summed E-state index contributed by atoms with van der Waals surface area (Å²) in [7, 11) is 0. The van der Waals surface area contributed by atoms with Gasteiger partial charge in [-0.3, -0.25) is 4.79 Å². The van der Waals surface area contributed by atoms with Crippen LogP contribution < -0.4 is 5.32 Å². The van der Waals surface area contributed by atoms with Crippen LogP contribution >= 0.6 is 11.8 Å². The summed E-state index contributed by atoms with van der Waals surface area (Å²) in [5.41, 5.74) is 8.17. The second kappa shape index (κ2) is 9.08. The van der Waals surface area contributed by atoms with E-state index in [4.69, 9.17) is 10.3 Å². The van der Waals surface area contributed by atoms with Crippen LogP contribution in [0.4, 0.5) is 0 Å². The third-order valence-corrected chi connectivity index (χ3v) is 4.03. The van der Waals surface area contributed by atoms with Gasteiger partial charge in [0.05, 0.1) is 6.61 Å². The van der Waals surface area contributed by atoms with E-state index in [-0.39, 0.29) is 12.0 Å². The second-order valence-corrected chi connectivity index (χ2v) is 5.27. The topological polar surface area (TPSA) is 87.1 Å². The zero-order valence-electron chi connectivity index (χ0n) is 10.7. The van der Waals surface area contributed by atoms with E-state index in [9.17, 15) is 4.79 Å². The molecule has 1 rings (SSSR count). The highest BCUT2D eigenvalue weighted by Gasteiger charge is 2.31. The molecule has 1 fully saturated rings. The molecule has 18 heavy (non-hydrogen) atoms. The molecule has 1 aliphatic rings. The standard InChI is InChI=1S/C11H20N4O2S/c1-2-17-11(16)10(9-4-7-18-8-9)13-5-3-6-14-15-12/h9-10,13H,2-8H2,1H3. The van der Waals surface area contributed by atoms with Crippen molar-refractivity contribution in [1.82, 2.24) is 5.32 Å². The van der Waals surface area contributed by atoms with E-state index in [1.165, 1.54) is 0 Å². The Labute approximate surface area is 111 Å². The molecule has 6 nitrogen and oxygen atoms in total. The number of azide groups is 1. The highest BCUT2D eigenvalue weighted by atomic mass is 32.2. The molecule has 2 atom stereocenters. The van der Waals surface area contributed by atoms with Gasteiger partial charge < -0.3 is 10.1 Å². The molecule has 7 heteroatoms. The molecule has 1 aliphatic heterocycles. The molecule has 0 radical (unpaired) electrons. The maximum Gasteiger partial charge on any atom is 0.323 e. The molecule has 0 aromatic carbocycles. The third kappa shape index (κ3) is 5.16. The van der Waals surface area contributed by atoms with Crippen LogP contribution in [0.25, 0.3) is 10.4 Å². The number of rotatable bonds is 8. The first-order valence-corrected chi connectivity index (χ1v) is 7.43. The predicted molar refractivity (Wildman–Crippen MR) is 72.5 cm³/mol. The quantitative estimate of drug-likeness (QED) is 0.240. The van der Waals surface area contributed by atoms with E-state index in [2.05, 4.69) is 15.3 Å². The average Bonchev–Trinajstić information content (AvgIpc) is 2.87. The molecule has 1 heterocycles. The van der Waals surface area contributed by atoms with Gasteiger partial charge in [0.25, 0.3) is 0 Å². The number of hydrogen-bond acceptors (Lipinski definition) is 5. The Morgan fingerprint density at radius 2 is 2.56 bits per heavy atom. The van der Waals surface area contributed by atoms with E-state index in [0.717, 1.165) is 24.3 Å². The first kappa shape index (κ1) is 15.1. The molecule has 1 saturated heterocycles. The van der Waals surface area contributed by atoms with E-state index >= 15 is 0 Å². The third-order valence-electron chi connectivity index (χ3n) is 2.84. The molecule has 0 spiro atoms. The van der Waals surface area contributed by atoms with Crippen molar-refractivity contribution >= 4 is 17.7 Å². The van der Waals surface area contributed by atoms with Crippen molar-refractivity contribution < 1.29 is 9.53 Å².